The van der Waals surface area contributed by atoms with Gasteiger partial charge in [0.25, 0.3) is 0 Å². The van der Waals surface area contributed by atoms with Gasteiger partial charge in [0.1, 0.15) is 0 Å². The predicted octanol–water partition coefficient (Wildman–Crippen LogP) is 8.37. The standard InChI is InChI=1S/C32H50O2/c1-9-34-27(33)32-18-13-21(2)22(3)26(32)23-11-12-25-29(6)16-10-15-28(4,5)24(29)14-17-31(25,8)30(23,7)19-20-32/h10-11,15,21-22,24-26H,9,12-14,16-20H2,1-8H3/t21-,22+,24+,25-,26+,29+,30-,31-,32+/m1/s1. The first kappa shape index (κ1) is 24.6. The molecule has 0 amide bonds. The Kier molecular flexibility index (Phi) is 5.60. The topological polar surface area (TPSA) is 26.3 Å². The molecule has 0 saturated heterocycles. The van der Waals surface area contributed by atoms with E-state index < -0.39 is 0 Å². The van der Waals surface area contributed by atoms with Gasteiger partial charge in [0.05, 0.1) is 12.0 Å². The molecular formula is C32H50O2. The van der Waals surface area contributed by atoms with E-state index in [-0.39, 0.29) is 22.2 Å². The van der Waals surface area contributed by atoms with Crippen LogP contribution in [0.15, 0.2) is 23.8 Å². The number of rotatable bonds is 2. The van der Waals surface area contributed by atoms with Gasteiger partial charge in [0.15, 0.2) is 0 Å². The lowest BCUT2D eigenvalue weighted by Gasteiger charge is -2.70. The van der Waals surface area contributed by atoms with E-state index in [2.05, 4.69) is 66.7 Å². The molecular weight excluding hydrogens is 416 g/mol. The molecule has 0 aromatic rings. The fourth-order valence-corrected chi connectivity index (χ4v) is 10.7. The van der Waals surface area contributed by atoms with Gasteiger partial charge in [0, 0.05) is 0 Å². The van der Waals surface area contributed by atoms with Crippen LogP contribution in [0.25, 0.3) is 0 Å². The van der Waals surface area contributed by atoms with Crippen molar-refractivity contribution in [3.8, 4) is 0 Å². The van der Waals surface area contributed by atoms with Gasteiger partial charge in [0.2, 0.25) is 0 Å². The van der Waals surface area contributed by atoms with E-state index in [0.29, 0.717) is 41.1 Å². The van der Waals surface area contributed by atoms with Gasteiger partial charge in [-0.3, -0.25) is 4.79 Å². The Balaban J connectivity index is 1.61. The number of carbonyl (C=O) groups excluding carboxylic acids is 1. The van der Waals surface area contributed by atoms with E-state index in [1.807, 2.05) is 6.92 Å². The number of hydrogen-bond donors (Lipinski definition) is 0. The Morgan fingerprint density at radius 1 is 1.00 bits per heavy atom. The van der Waals surface area contributed by atoms with E-state index in [1.165, 1.54) is 25.7 Å². The molecule has 0 heterocycles. The molecule has 0 spiro atoms. The molecule has 0 radical (unpaired) electrons. The van der Waals surface area contributed by atoms with Crippen molar-refractivity contribution < 1.29 is 9.53 Å². The number of ether oxygens (including phenoxy) is 1. The minimum Gasteiger partial charge on any atom is -0.466 e. The molecule has 190 valence electrons. The molecule has 3 saturated carbocycles. The number of hydrogen-bond acceptors (Lipinski definition) is 2. The molecule has 2 nitrogen and oxygen atoms in total. The van der Waals surface area contributed by atoms with Crippen LogP contribution in [0, 0.1) is 56.7 Å². The summed E-state index contributed by atoms with van der Waals surface area (Å²) in [6.45, 7) is 20.2. The molecule has 0 unspecified atom stereocenters. The van der Waals surface area contributed by atoms with Crippen molar-refractivity contribution in [3.05, 3.63) is 23.8 Å². The molecule has 2 heteroatoms. The zero-order valence-electron chi connectivity index (χ0n) is 23.3. The Morgan fingerprint density at radius 2 is 1.74 bits per heavy atom. The lowest BCUT2D eigenvalue weighted by atomic mass is 9.34. The minimum atomic E-state index is -0.298. The van der Waals surface area contributed by atoms with Gasteiger partial charge in [-0.25, -0.2) is 0 Å². The van der Waals surface area contributed by atoms with E-state index in [4.69, 9.17) is 4.74 Å². The van der Waals surface area contributed by atoms with E-state index >= 15 is 0 Å². The third-order valence-corrected chi connectivity index (χ3v) is 12.9. The molecule has 5 aliphatic rings. The summed E-state index contributed by atoms with van der Waals surface area (Å²) in [5, 5.41) is 0. The van der Waals surface area contributed by atoms with E-state index in [9.17, 15) is 4.79 Å². The van der Waals surface area contributed by atoms with Crippen molar-refractivity contribution in [2.45, 2.75) is 107 Å². The van der Waals surface area contributed by atoms with Crippen molar-refractivity contribution in [3.63, 3.8) is 0 Å². The van der Waals surface area contributed by atoms with Crippen molar-refractivity contribution >= 4 is 5.97 Å². The second kappa shape index (κ2) is 7.72. The van der Waals surface area contributed by atoms with E-state index in [1.54, 1.807) is 5.57 Å². The van der Waals surface area contributed by atoms with Crippen molar-refractivity contribution in [2.75, 3.05) is 6.61 Å². The second-order valence-corrected chi connectivity index (χ2v) is 14.5. The largest absolute Gasteiger partial charge is 0.466 e. The summed E-state index contributed by atoms with van der Waals surface area (Å²) in [7, 11) is 0. The molecule has 5 rings (SSSR count). The summed E-state index contributed by atoms with van der Waals surface area (Å²) < 4.78 is 5.81. The smallest absolute Gasteiger partial charge is 0.312 e. The van der Waals surface area contributed by atoms with Crippen molar-refractivity contribution in [2.24, 2.45) is 56.7 Å². The Morgan fingerprint density at radius 3 is 2.44 bits per heavy atom. The highest BCUT2D eigenvalue weighted by Gasteiger charge is 2.68. The van der Waals surface area contributed by atoms with Crippen LogP contribution in [0.1, 0.15) is 107 Å². The number of carbonyl (C=O) groups is 1. The van der Waals surface area contributed by atoms with Crippen LogP contribution in [-0.4, -0.2) is 12.6 Å². The van der Waals surface area contributed by atoms with Crippen molar-refractivity contribution in [1.29, 1.82) is 0 Å². The van der Waals surface area contributed by atoms with Gasteiger partial charge in [-0.05, 0) is 110 Å². The molecule has 9 atom stereocenters. The maximum absolute atomic E-state index is 13.6. The molecule has 0 aromatic heterocycles. The normalized spacial score (nSPS) is 51.3. The van der Waals surface area contributed by atoms with Gasteiger partial charge in [-0.15, -0.1) is 0 Å². The summed E-state index contributed by atoms with van der Waals surface area (Å²) in [5.41, 5.74) is 2.48. The molecule has 0 bridgehead atoms. The zero-order valence-corrected chi connectivity index (χ0v) is 23.3. The molecule has 3 fully saturated rings. The van der Waals surface area contributed by atoms with Crippen LogP contribution in [-0.2, 0) is 9.53 Å². The number of fused-ring (bicyclic) bond motifs is 7. The quantitative estimate of drug-likeness (QED) is 0.302. The highest BCUT2D eigenvalue weighted by Crippen LogP contribution is 2.75. The van der Waals surface area contributed by atoms with Crippen LogP contribution in [0.2, 0.25) is 0 Å². The van der Waals surface area contributed by atoms with Crippen LogP contribution in [0.4, 0.5) is 0 Å². The Labute approximate surface area is 209 Å². The van der Waals surface area contributed by atoms with Gasteiger partial charge >= 0.3 is 5.97 Å². The average molecular weight is 467 g/mol. The third-order valence-electron chi connectivity index (χ3n) is 12.9. The first-order chi connectivity index (χ1) is 15.9. The van der Waals surface area contributed by atoms with Crippen LogP contribution in [0.3, 0.4) is 0 Å². The first-order valence-corrected chi connectivity index (χ1v) is 14.4. The molecule has 5 aliphatic carbocycles. The Hall–Kier alpha value is -1.05. The summed E-state index contributed by atoms with van der Waals surface area (Å²) in [6, 6.07) is 0. The van der Waals surface area contributed by atoms with Crippen LogP contribution in [0.5, 0.6) is 0 Å². The molecule has 34 heavy (non-hydrogen) atoms. The fraction of sp³-hybridized carbons (Fsp3) is 0.844. The maximum atomic E-state index is 13.6. The third kappa shape index (κ3) is 2.95. The molecule has 0 aliphatic heterocycles. The fourth-order valence-electron chi connectivity index (χ4n) is 10.7. The molecule has 0 aromatic carbocycles. The summed E-state index contributed by atoms with van der Waals surface area (Å²) >= 11 is 0. The van der Waals surface area contributed by atoms with Gasteiger partial charge < -0.3 is 4.74 Å². The summed E-state index contributed by atoms with van der Waals surface area (Å²) in [5.74, 6) is 3.12. The first-order valence-electron chi connectivity index (χ1n) is 14.4. The van der Waals surface area contributed by atoms with E-state index in [0.717, 1.165) is 31.6 Å². The molecule has 0 N–H and O–H groups in total. The minimum absolute atomic E-state index is 0.101. The zero-order chi connectivity index (χ0) is 24.7. The second-order valence-electron chi connectivity index (χ2n) is 14.5. The SMILES string of the molecule is CCOC(=O)[C@]12CC[C@@H](C)[C@H](C)[C@H]1C1=CC[C@@H]3[C@@]4(C)CC=CC(C)(C)[C@@H]4CC[C@@]3(C)[C@]1(C)CC2. The summed E-state index contributed by atoms with van der Waals surface area (Å²) in [4.78, 5) is 13.6. The van der Waals surface area contributed by atoms with Crippen LogP contribution >= 0.6 is 0 Å². The monoisotopic (exact) mass is 466 g/mol. The highest BCUT2D eigenvalue weighted by molar-refractivity contribution is 5.78. The Bertz CT molecular complexity index is 912. The average Bonchev–Trinajstić information content (AvgIpc) is 2.76. The lowest BCUT2D eigenvalue weighted by Crippen LogP contribution is -2.64. The van der Waals surface area contributed by atoms with Gasteiger partial charge in [-0.2, -0.15) is 0 Å². The van der Waals surface area contributed by atoms with Crippen molar-refractivity contribution in [1.82, 2.24) is 0 Å². The summed E-state index contributed by atoms with van der Waals surface area (Å²) in [6.07, 6.45) is 17.1. The predicted molar refractivity (Wildman–Crippen MR) is 140 cm³/mol. The number of esters is 1. The van der Waals surface area contributed by atoms with Crippen LogP contribution < -0.4 is 0 Å². The highest BCUT2D eigenvalue weighted by atomic mass is 16.5. The lowest BCUT2D eigenvalue weighted by molar-refractivity contribution is -0.183. The number of allylic oxidation sites excluding steroid dienone is 4. The maximum Gasteiger partial charge on any atom is 0.312 e. The van der Waals surface area contributed by atoms with Gasteiger partial charge in [-0.1, -0.05) is 72.3 Å².